The van der Waals surface area contributed by atoms with Crippen molar-refractivity contribution < 1.29 is 22.4 Å². The first-order valence-electron chi connectivity index (χ1n) is 10.3. The molecular weight excluding hydrogens is 432 g/mol. The van der Waals surface area contributed by atoms with Crippen molar-refractivity contribution in [2.24, 2.45) is 5.92 Å². The largest absolute Gasteiger partial charge is 0.493 e. The Labute approximate surface area is 185 Å². The molecule has 0 radical (unpaired) electrons. The van der Waals surface area contributed by atoms with Crippen LogP contribution in [0.5, 0.6) is 5.75 Å². The lowest BCUT2D eigenvalue weighted by Gasteiger charge is -2.29. The summed E-state index contributed by atoms with van der Waals surface area (Å²) in [7, 11) is -2.11. The number of benzene rings is 2. The molecule has 32 heavy (non-hydrogen) atoms. The molecule has 2 aromatic carbocycles. The number of hydrogen-bond donors (Lipinski definition) is 1. The van der Waals surface area contributed by atoms with Gasteiger partial charge in [-0.2, -0.15) is 4.31 Å². The fourth-order valence-electron chi connectivity index (χ4n) is 3.72. The van der Waals surface area contributed by atoms with Crippen LogP contribution in [0.3, 0.4) is 0 Å². The maximum atomic E-state index is 12.8. The van der Waals surface area contributed by atoms with E-state index in [1.165, 1.54) is 41.7 Å². The molecule has 2 heterocycles. The van der Waals surface area contributed by atoms with E-state index in [2.05, 4.69) is 12.2 Å². The van der Waals surface area contributed by atoms with Crippen LogP contribution in [0.4, 0.5) is 5.69 Å². The van der Waals surface area contributed by atoms with Crippen molar-refractivity contribution in [3.63, 3.8) is 0 Å². The van der Waals surface area contributed by atoms with Crippen molar-refractivity contribution in [2.45, 2.75) is 24.7 Å². The molecule has 1 N–H and O–H groups in total. The van der Waals surface area contributed by atoms with Crippen LogP contribution >= 0.6 is 0 Å². The van der Waals surface area contributed by atoms with Crippen molar-refractivity contribution in [3.8, 4) is 5.75 Å². The maximum absolute atomic E-state index is 12.8. The second kappa shape index (κ2) is 8.76. The highest BCUT2D eigenvalue weighted by molar-refractivity contribution is 7.89. The molecule has 9 heteroatoms. The first-order chi connectivity index (χ1) is 15.3. The second-order valence-electron chi connectivity index (χ2n) is 7.89. The summed E-state index contributed by atoms with van der Waals surface area (Å²) in [6.45, 7) is 3.13. The number of carbonyl (C=O) groups is 1. The number of piperidine rings is 1. The average molecular weight is 457 g/mol. The van der Waals surface area contributed by atoms with E-state index in [9.17, 15) is 18.0 Å². The third-order valence-corrected chi connectivity index (χ3v) is 7.59. The smallest absolute Gasteiger partial charge is 0.349 e. The molecule has 3 aromatic rings. The first kappa shape index (κ1) is 22.0. The summed E-state index contributed by atoms with van der Waals surface area (Å²) in [6.07, 6.45) is 1.68. The van der Waals surface area contributed by atoms with Gasteiger partial charge in [0.1, 0.15) is 5.56 Å². The van der Waals surface area contributed by atoms with E-state index in [0.717, 1.165) is 12.8 Å². The van der Waals surface area contributed by atoms with Crippen molar-refractivity contribution in [3.05, 3.63) is 64.5 Å². The number of fused-ring (bicyclic) bond motifs is 1. The predicted molar refractivity (Wildman–Crippen MR) is 121 cm³/mol. The number of hydrogen-bond acceptors (Lipinski definition) is 6. The molecule has 0 unspecified atom stereocenters. The van der Waals surface area contributed by atoms with Gasteiger partial charge in [0.15, 0.2) is 11.3 Å². The topological polar surface area (TPSA) is 106 Å². The van der Waals surface area contributed by atoms with Gasteiger partial charge >= 0.3 is 5.63 Å². The van der Waals surface area contributed by atoms with E-state index in [0.29, 0.717) is 35.8 Å². The van der Waals surface area contributed by atoms with Crippen LogP contribution in [0.2, 0.25) is 0 Å². The highest BCUT2D eigenvalue weighted by Crippen LogP contribution is 2.26. The van der Waals surface area contributed by atoms with Crippen molar-refractivity contribution in [1.82, 2.24) is 4.31 Å². The zero-order valence-corrected chi connectivity index (χ0v) is 18.6. The molecule has 0 atom stereocenters. The van der Waals surface area contributed by atoms with Gasteiger partial charge in [-0.25, -0.2) is 13.2 Å². The number of para-hydroxylation sites is 1. The number of amides is 1. The molecule has 0 spiro atoms. The summed E-state index contributed by atoms with van der Waals surface area (Å²) in [4.78, 5) is 25.2. The minimum Gasteiger partial charge on any atom is -0.493 e. The zero-order chi connectivity index (χ0) is 22.9. The number of ether oxygens (including phenoxy) is 1. The number of nitrogens with one attached hydrogen (secondary N) is 1. The van der Waals surface area contributed by atoms with Gasteiger partial charge in [-0.3, -0.25) is 4.79 Å². The molecule has 0 bridgehead atoms. The molecule has 4 rings (SSSR count). The minimum absolute atomic E-state index is 0.162. The number of methoxy groups -OCH3 is 1. The van der Waals surface area contributed by atoms with Crippen LogP contribution in [0, 0.1) is 5.92 Å². The Morgan fingerprint density at radius 3 is 2.47 bits per heavy atom. The van der Waals surface area contributed by atoms with Gasteiger partial charge in [0, 0.05) is 24.2 Å². The van der Waals surface area contributed by atoms with Gasteiger partial charge in [0.25, 0.3) is 5.91 Å². The summed E-state index contributed by atoms with van der Waals surface area (Å²) in [5.74, 6) is 0.267. The molecule has 1 aliphatic heterocycles. The highest BCUT2D eigenvalue weighted by atomic mass is 32.2. The molecule has 1 aromatic heterocycles. The Kier molecular flexibility index (Phi) is 6.03. The maximum Gasteiger partial charge on any atom is 0.349 e. The molecule has 1 saturated heterocycles. The summed E-state index contributed by atoms with van der Waals surface area (Å²) in [5, 5.41) is 3.17. The van der Waals surface area contributed by atoms with E-state index < -0.39 is 21.6 Å². The number of carbonyl (C=O) groups excluding carboxylic acids is 1. The lowest BCUT2D eigenvalue weighted by Crippen LogP contribution is -2.37. The monoisotopic (exact) mass is 456 g/mol. The quantitative estimate of drug-likeness (QED) is 0.589. The van der Waals surface area contributed by atoms with Crippen LogP contribution < -0.4 is 15.7 Å². The molecule has 0 aliphatic carbocycles. The highest BCUT2D eigenvalue weighted by Gasteiger charge is 2.28. The molecule has 8 nitrogen and oxygen atoms in total. The van der Waals surface area contributed by atoms with E-state index in [1.54, 1.807) is 18.2 Å². The molecule has 168 valence electrons. The fourth-order valence-corrected chi connectivity index (χ4v) is 5.19. The lowest BCUT2D eigenvalue weighted by molar-refractivity contribution is 0.102. The third-order valence-electron chi connectivity index (χ3n) is 5.68. The van der Waals surface area contributed by atoms with E-state index in [1.807, 2.05) is 0 Å². The summed E-state index contributed by atoms with van der Waals surface area (Å²) >= 11 is 0. The Bertz CT molecular complexity index is 1310. The average Bonchev–Trinajstić information content (AvgIpc) is 2.79. The van der Waals surface area contributed by atoms with Crippen LogP contribution in [0.15, 0.2) is 62.6 Å². The predicted octanol–water partition coefficient (Wildman–Crippen LogP) is 3.47. The first-order valence-corrected chi connectivity index (χ1v) is 11.8. The van der Waals surface area contributed by atoms with Gasteiger partial charge in [0.05, 0.1) is 12.0 Å². The summed E-state index contributed by atoms with van der Waals surface area (Å²) < 4.78 is 37.7. The van der Waals surface area contributed by atoms with Crippen LogP contribution in [0.25, 0.3) is 11.0 Å². The Hall–Kier alpha value is -3.17. The van der Waals surface area contributed by atoms with Gasteiger partial charge < -0.3 is 14.5 Å². The second-order valence-corrected chi connectivity index (χ2v) is 9.83. The number of sulfonamides is 1. The lowest BCUT2D eigenvalue weighted by atomic mass is 10.0. The van der Waals surface area contributed by atoms with E-state index in [4.69, 9.17) is 9.15 Å². The fraction of sp³-hybridized carbons (Fsp3) is 0.304. The van der Waals surface area contributed by atoms with Crippen molar-refractivity contribution in [1.29, 1.82) is 0 Å². The molecule has 1 amide bonds. The van der Waals surface area contributed by atoms with Crippen LogP contribution in [-0.2, 0) is 10.0 Å². The Morgan fingerprint density at radius 1 is 1.12 bits per heavy atom. The zero-order valence-electron chi connectivity index (χ0n) is 17.8. The summed E-state index contributed by atoms with van der Waals surface area (Å²) in [6, 6.07) is 12.4. The summed E-state index contributed by atoms with van der Waals surface area (Å²) in [5.41, 5.74) is -0.326. The van der Waals surface area contributed by atoms with E-state index >= 15 is 0 Å². The minimum atomic E-state index is -3.58. The van der Waals surface area contributed by atoms with Gasteiger partial charge in [-0.15, -0.1) is 0 Å². The number of nitrogens with zero attached hydrogens (tertiary/aromatic N) is 1. The van der Waals surface area contributed by atoms with Gasteiger partial charge in [0.2, 0.25) is 10.0 Å². The standard InChI is InChI=1S/C23H24N2O6S/c1-15-10-12-25(13-11-15)32(28,29)18-8-6-17(7-9-18)24-22(26)19-14-16-4-3-5-20(30-2)21(16)31-23(19)27/h3-9,14-15H,10-13H2,1-2H3,(H,24,26). The third kappa shape index (κ3) is 4.26. The van der Waals surface area contributed by atoms with Crippen molar-refractivity contribution >= 4 is 32.6 Å². The Morgan fingerprint density at radius 2 is 1.81 bits per heavy atom. The molecule has 1 fully saturated rings. The normalized spacial score (nSPS) is 15.6. The van der Waals surface area contributed by atoms with E-state index in [-0.39, 0.29) is 16.0 Å². The molecule has 1 aliphatic rings. The van der Waals surface area contributed by atoms with Crippen LogP contribution in [0.1, 0.15) is 30.1 Å². The SMILES string of the molecule is COc1cccc2cc(C(=O)Nc3ccc(S(=O)(=O)N4CCC(C)CC4)cc3)c(=O)oc12. The van der Waals surface area contributed by atoms with Gasteiger partial charge in [-0.1, -0.05) is 19.1 Å². The van der Waals surface area contributed by atoms with Crippen LogP contribution in [-0.4, -0.2) is 38.8 Å². The van der Waals surface area contributed by atoms with Gasteiger partial charge in [-0.05, 0) is 55.2 Å². The number of anilines is 1. The molecule has 0 saturated carbocycles. The number of rotatable bonds is 5. The Balaban J connectivity index is 1.53. The molecular formula is C23H24N2O6S. The van der Waals surface area contributed by atoms with Crippen molar-refractivity contribution in [2.75, 3.05) is 25.5 Å².